The van der Waals surface area contributed by atoms with Gasteiger partial charge >= 0.3 is 0 Å². The first-order chi connectivity index (χ1) is 7.07. The molecule has 1 fully saturated rings. The third kappa shape index (κ3) is 2.52. The van der Waals surface area contributed by atoms with Gasteiger partial charge in [-0.25, -0.2) is 8.42 Å². The summed E-state index contributed by atoms with van der Waals surface area (Å²) >= 11 is 0. The van der Waals surface area contributed by atoms with Gasteiger partial charge in [0.1, 0.15) is 0 Å². The molecular formula is C11H13ClO2S. The summed E-state index contributed by atoms with van der Waals surface area (Å²) in [6.45, 7) is 0. The maximum Gasteiger partial charge on any atom is 0.261 e. The van der Waals surface area contributed by atoms with Gasteiger partial charge in [0, 0.05) is 10.7 Å². The molecular weight excluding hydrogens is 232 g/mol. The highest BCUT2D eigenvalue weighted by atomic mass is 35.7. The van der Waals surface area contributed by atoms with Gasteiger partial charge in [0.25, 0.3) is 9.05 Å². The lowest BCUT2D eigenvalue weighted by Crippen LogP contribution is -1.94. The zero-order chi connectivity index (χ0) is 10.9. The van der Waals surface area contributed by atoms with E-state index in [1.54, 1.807) is 12.1 Å². The molecule has 0 amide bonds. The zero-order valence-corrected chi connectivity index (χ0v) is 9.89. The second-order valence-electron chi connectivity index (χ2n) is 3.99. The van der Waals surface area contributed by atoms with Crippen molar-refractivity contribution in [1.29, 1.82) is 0 Å². The smallest absolute Gasteiger partial charge is 0.207 e. The first kappa shape index (κ1) is 11.0. The molecule has 82 valence electrons. The molecule has 1 saturated carbocycles. The standard InChI is InChI=1S/C11H13ClO2S/c12-15(13,14)11-7-5-10(6-8-11)9-3-1-2-4-9/h5-9H,1-4H2. The molecule has 0 spiro atoms. The van der Waals surface area contributed by atoms with Crippen LogP contribution in [-0.2, 0) is 9.05 Å². The first-order valence-corrected chi connectivity index (χ1v) is 7.43. The average Bonchev–Trinajstić information content (AvgIpc) is 2.69. The Balaban J connectivity index is 2.24. The van der Waals surface area contributed by atoms with E-state index in [0.29, 0.717) is 5.92 Å². The number of benzene rings is 1. The Bertz CT molecular complexity index is 430. The third-order valence-corrected chi connectivity index (χ3v) is 4.36. The zero-order valence-electron chi connectivity index (χ0n) is 8.32. The van der Waals surface area contributed by atoms with Crippen molar-refractivity contribution in [3.63, 3.8) is 0 Å². The summed E-state index contributed by atoms with van der Waals surface area (Å²) in [7, 11) is 1.67. The number of halogens is 1. The molecule has 0 heterocycles. The molecule has 15 heavy (non-hydrogen) atoms. The Labute approximate surface area is 94.7 Å². The molecule has 0 aliphatic heterocycles. The van der Waals surface area contributed by atoms with Gasteiger partial charge < -0.3 is 0 Å². The molecule has 0 saturated heterocycles. The van der Waals surface area contributed by atoms with Crippen molar-refractivity contribution < 1.29 is 8.42 Å². The summed E-state index contributed by atoms with van der Waals surface area (Å²) in [5.74, 6) is 0.608. The van der Waals surface area contributed by atoms with Crippen molar-refractivity contribution in [3.05, 3.63) is 29.8 Å². The van der Waals surface area contributed by atoms with Gasteiger partial charge in [0.15, 0.2) is 0 Å². The molecule has 0 aromatic heterocycles. The Morgan fingerprint density at radius 2 is 1.60 bits per heavy atom. The van der Waals surface area contributed by atoms with Crippen LogP contribution in [0.25, 0.3) is 0 Å². The lowest BCUT2D eigenvalue weighted by Gasteiger charge is -2.09. The van der Waals surface area contributed by atoms with E-state index in [0.717, 1.165) is 0 Å². The Morgan fingerprint density at radius 1 is 1.07 bits per heavy atom. The van der Waals surface area contributed by atoms with Crippen molar-refractivity contribution in [3.8, 4) is 0 Å². The third-order valence-electron chi connectivity index (χ3n) is 2.99. The van der Waals surface area contributed by atoms with Crippen LogP contribution in [0.2, 0.25) is 0 Å². The molecule has 0 bridgehead atoms. The molecule has 1 aromatic carbocycles. The van der Waals surface area contributed by atoms with Gasteiger partial charge in [-0.2, -0.15) is 0 Å². The van der Waals surface area contributed by atoms with Gasteiger partial charge in [-0.1, -0.05) is 25.0 Å². The normalized spacial score (nSPS) is 18.2. The van der Waals surface area contributed by atoms with E-state index < -0.39 is 9.05 Å². The Kier molecular flexibility index (Phi) is 3.03. The second kappa shape index (κ2) is 4.14. The van der Waals surface area contributed by atoms with Crippen LogP contribution in [0.4, 0.5) is 0 Å². The van der Waals surface area contributed by atoms with Gasteiger partial charge in [-0.15, -0.1) is 0 Å². The number of rotatable bonds is 2. The average molecular weight is 245 g/mol. The predicted molar refractivity (Wildman–Crippen MR) is 60.7 cm³/mol. The molecule has 0 N–H and O–H groups in total. The van der Waals surface area contributed by atoms with E-state index >= 15 is 0 Å². The molecule has 0 atom stereocenters. The molecule has 2 rings (SSSR count). The van der Waals surface area contributed by atoms with Crippen LogP contribution >= 0.6 is 10.7 Å². The minimum absolute atomic E-state index is 0.186. The lowest BCUT2D eigenvalue weighted by molar-refractivity contribution is 0.609. The van der Waals surface area contributed by atoms with Crippen LogP contribution in [0.1, 0.15) is 37.2 Å². The van der Waals surface area contributed by atoms with E-state index in [1.165, 1.54) is 31.2 Å². The highest BCUT2D eigenvalue weighted by Crippen LogP contribution is 2.34. The van der Waals surface area contributed by atoms with Crippen LogP contribution in [0.5, 0.6) is 0 Å². The van der Waals surface area contributed by atoms with E-state index in [1.807, 2.05) is 12.1 Å². The van der Waals surface area contributed by atoms with Crippen molar-refractivity contribution >= 4 is 19.7 Å². The number of hydrogen-bond acceptors (Lipinski definition) is 2. The van der Waals surface area contributed by atoms with Crippen molar-refractivity contribution in [2.24, 2.45) is 0 Å². The predicted octanol–water partition coefficient (Wildman–Crippen LogP) is 3.27. The van der Waals surface area contributed by atoms with E-state index in [-0.39, 0.29) is 4.90 Å². The largest absolute Gasteiger partial charge is 0.261 e. The van der Waals surface area contributed by atoms with E-state index in [2.05, 4.69) is 0 Å². The number of hydrogen-bond donors (Lipinski definition) is 0. The topological polar surface area (TPSA) is 34.1 Å². The maximum absolute atomic E-state index is 11.0. The van der Waals surface area contributed by atoms with Gasteiger partial charge in [0.2, 0.25) is 0 Å². The summed E-state index contributed by atoms with van der Waals surface area (Å²) in [4.78, 5) is 0.186. The van der Waals surface area contributed by atoms with Crippen LogP contribution in [0.15, 0.2) is 29.2 Å². The highest BCUT2D eigenvalue weighted by Gasteiger charge is 2.17. The molecule has 1 aliphatic carbocycles. The fourth-order valence-corrected chi connectivity index (χ4v) is 2.93. The van der Waals surface area contributed by atoms with Gasteiger partial charge in [-0.05, 0) is 36.5 Å². The SMILES string of the molecule is O=S(=O)(Cl)c1ccc(C2CCCC2)cc1. The maximum atomic E-state index is 11.0. The second-order valence-corrected chi connectivity index (χ2v) is 6.55. The summed E-state index contributed by atoms with van der Waals surface area (Å²) in [5, 5.41) is 0. The summed E-state index contributed by atoms with van der Waals surface area (Å²) in [6, 6.07) is 6.95. The fraction of sp³-hybridized carbons (Fsp3) is 0.455. The van der Waals surface area contributed by atoms with Crippen molar-refractivity contribution in [2.75, 3.05) is 0 Å². The molecule has 2 nitrogen and oxygen atoms in total. The van der Waals surface area contributed by atoms with Crippen LogP contribution in [-0.4, -0.2) is 8.42 Å². The Morgan fingerprint density at radius 3 is 2.07 bits per heavy atom. The van der Waals surface area contributed by atoms with Gasteiger partial charge in [0.05, 0.1) is 4.90 Å². The molecule has 0 radical (unpaired) electrons. The summed E-state index contributed by atoms with van der Waals surface area (Å²) in [5.41, 5.74) is 1.23. The first-order valence-electron chi connectivity index (χ1n) is 5.12. The fourth-order valence-electron chi connectivity index (χ4n) is 2.16. The molecule has 0 unspecified atom stereocenters. The molecule has 1 aromatic rings. The minimum Gasteiger partial charge on any atom is -0.207 e. The Hall–Kier alpha value is -0.540. The summed E-state index contributed by atoms with van der Waals surface area (Å²) in [6.07, 6.45) is 4.99. The monoisotopic (exact) mass is 244 g/mol. The van der Waals surface area contributed by atoms with Crippen LogP contribution < -0.4 is 0 Å². The molecule has 1 aliphatic rings. The minimum atomic E-state index is -3.57. The molecule has 4 heteroatoms. The van der Waals surface area contributed by atoms with Crippen molar-refractivity contribution in [1.82, 2.24) is 0 Å². The van der Waals surface area contributed by atoms with E-state index in [9.17, 15) is 8.42 Å². The lowest BCUT2D eigenvalue weighted by atomic mass is 9.98. The van der Waals surface area contributed by atoms with Crippen LogP contribution in [0.3, 0.4) is 0 Å². The van der Waals surface area contributed by atoms with Crippen LogP contribution in [0, 0.1) is 0 Å². The highest BCUT2D eigenvalue weighted by molar-refractivity contribution is 8.13. The van der Waals surface area contributed by atoms with Crippen molar-refractivity contribution in [2.45, 2.75) is 36.5 Å². The van der Waals surface area contributed by atoms with Gasteiger partial charge in [-0.3, -0.25) is 0 Å². The quantitative estimate of drug-likeness (QED) is 0.749. The summed E-state index contributed by atoms with van der Waals surface area (Å²) < 4.78 is 22.1. The van der Waals surface area contributed by atoms with E-state index in [4.69, 9.17) is 10.7 Å².